The summed E-state index contributed by atoms with van der Waals surface area (Å²) in [6.45, 7) is 2.82. The predicted octanol–water partition coefficient (Wildman–Crippen LogP) is 6.34. The van der Waals surface area contributed by atoms with Crippen molar-refractivity contribution in [3.8, 4) is 28.9 Å². The summed E-state index contributed by atoms with van der Waals surface area (Å²) in [7, 11) is 6.59. The fourth-order valence-electron chi connectivity index (χ4n) is 9.84. The van der Waals surface area contributed by atoms with Crippen LogP contribution in [0.5, 0.6) is 17.6 Å². The Bertz CT molecular complexity index is 2370. The number of carbonyl (C=O) groups excluding carboxylic acids is 1. The third-order valence-electron chi connectivity index (χ3n) is 12.7. The maximum Gasteiger partial charge on any atom is 0.319 e. The van der Waals surface area contributed by atoms with Crippen LogP contribution in [0.4, 0.5) is 14.6 Å². The maximum atomic E-state index is 17.4. The molecule has 2 saturated carbocycles. The van der Waals surface area contributed by atoms with Gasteiger partial charge in [-0.25, -0.2) is 13.8 Å². The third kappa shape index (κ3) is 6.48. The van der Waals surface area contributed by atoms with Crippen LogP contribution in [-0.4, -0.2) is 112 Å². The second-order valence-corrected chi connectivity index (χ2v) is 16.3. The van der Waals surface area contributed by atoms with E-state index in [4.69, 9.17) is 24.2 Å². The first kappa shape index (κ1) is 37.4. The van der Waals surface area contributed by atoms with Crippen molar-refractivity contribution in [3.63, 3.8) is 0 Å². The van der Waals surface area contributed by atoms with Crippen LogP contribution in [-0.2, 0) is 17.8 Å². The van der Waals surface area contributed by atoms with E-state index in [0.717, 1.165) is 57.2 Å². The van der Waals surface area contributed by atoms with Crippen molar-refractivity contribution in [2.24, 2.45) is 5.41 Å². The molecule has 1 N–H and O–H groups in total. The molecule has 4 aliphatic rings. The van der Waals surface area contributed by atoms with Crippen molar-refractivity contribution in [1.29, 1.82) is 0 Å². The zero-order valence-electron chi connectivity index (χ0n) is 32.8. The van der Waals surface area contributed by atoms with Crippen LogP contribution in [0, 0.1) is 17.0 Å². The van der Waals surface area contributed by atoms with Crippen molar-refractivity contribution in [1.82, 2.24) is 34.5 Å². The first-order valence-electron chi connectivity index (χ1n) is 19.9. The molecule has 5 aromatic rings. The quantitative estimate of drug-likeness (QED) is 0.180. The molecule has 3 aromatic heterocycles. The van der Waals surface area contributed by atoms with Gasteiger partial charge in [0.25, 0.3) is 5.91 Å². The highest BCUT2D eigenvalue weighted by Gasteiger charge is 2.52. The van der Waals surface area contributed by atoms with E-state index >= 15 is 8.78 Å². The van der Waals surface area contributed by atoms with Gasteiger partial charge in [0.15, 0.2) is 11.5 Å². The fraction of sp³-hybridized carbons (Fsp3) is 0.500. The number of benzene rings is 2. The van der Waals surface area contributed by atoms with E-state index in [1.807, 2.05) is 9.58 Å². The van der Waals surface area contributed by atoms with Gasteiger partial charge in [-0.05, 0) is 81.1 Å². The smallest absolute Gasteiger partial charge is 0.319 e. The van der Waals surface area contributed by atoms with E-state index in [2.05, 4.69) is 15.0 Å². The number of ether oxygens (including phenoxy) is 3. The molecule has 2 aliphatic heterocycles. The average Bonchev–Trinajstić information content (AvgIpc) is 3.75. The fourth-order valence-corrected chi connectivity index (χ4v) is 9.84. The van der Waals surface area contributed by atoms with Crippen molar-refractivity contribution in [2.45, 2.75) is 82.6 Å². The highest BCUT2D eigenvalue weighted by atomic mass is 19.1. The van der Waals surface area contributed by atoms with Gasteiger partial charge in [0.05, 0.1) is 32.1 Å². The molecule has 15 heteroatoms. The number of aromatic nitrogens is 5. The zero-order valence-corrected chi connectivity index (χ0v) is 32.8. The minimum atomic E-state index is -0.827. The third-order valence-corrected chi connectivity index (χ3v) is 12.7. The van der Waals surface area contributed by atoms with Gasteiger partial charge in [0.1, 0.15) is 34.0 Å². The van der Waals surface area contributed by atoms with Crippen LogP contribution in [0.2, 0.25) is 0 Å². The molecule has 1 saturated heterocycles. The van der Waals surface area contributed by atoms with Crippen molar-refractivity contribution >= 4 is 33.4 Å². The molecule has 5 heterocycles. The Morgan fingerprint density at radius 3 is 2.61 bits per heavy atom. The molecule has 13 nitrogen and oxygen atoms in total. The topological polar surface area (TPSA) is 131 Å². The number of fused-ring (bicyclic) bond motifs is 4. The Morgan fingerprint density at radius 2 is 1.82 bits per heavy atom. The number of piperidine rings is 1. The summed E-state index contributed by atoms with van der Waals surface area (Å²) in [6, 6.07) is 9.85. The van der Waals surface area contributed by atoms with Gasteiger partial charge in [-0.1, -0.05) is 18.6 Å². The number of rotatable bonds is 9. The van der Waals surface area contributed by atoms with Gasteiger partial charge in [-0.2, -0.15) is 15.1 Å². The molecule has 0 spiro atoms. The lowest BCUT2D eigenvalue weighted by Crippen LogP contribution is -2.59. The van der Waals surface area contributed by atoms with E-state index in [0.29, 0.717) is 67.7 Å². The molecule has 2 atom stereocenters. The van der Waals surface area contributed by atoms with Crippen LogP contribution < -0.4 is 14.4 Å². The van der Waals surface area contributed by atoms with E-state index in [1.165, 1.54) is 36.3 Å². The molecule has 2 aliphatic carbocycles. The average molecular weight is 783 g/mol. The van der Waals surface area contributed by atoms with Crippen LogP contribution in [0.1, 0.15) is 67.5 Å². The Balaban J connectivity index is 1.16. The molecule has 2 aromatic carbocycles. The monoisotopic (exact) mass is 782 g/mol. The van der Waals surface area contributed by atoms with Crippen molar-refractivity contribution in [2.75, 3.05) is 52.9 Å². The Morgan fingerprint density at radius 1 is 1.00 bits per heavy atom. The summed E-state index contributed by atoms with van der Waals surface area (Å²) in [5.74, 6) is -1.40. The number of carbonyl (C=O) groups is 1. The van der Waals surface area contributed by atoms with Crippen LogP contribution in [0.25, 0.3) is 32.9 Å². The lowest BCUT2D eigenvalue weighted by molar-refractivity contribution is -0.0845. The Hall–Kier alpha value is -5.15. The maximum absolute atomic E-state index is 17.4. The number of amides is 1. The molecule has 9 rings (SSSR count). The molecule has 300 valence electrons. The number of anilines is 1. The van der Waals surface area contributed by atoms with Crippen LogP contribution in [0.3, 0.4) is 0 Å². The Labute approximate surface area is 329 Å². The molecular formula is C42H48F2N8O5. The molecule has 0 radical (unpaired) electrons. The molecule has 57 heavy (non-hydrogen) atoms. The molecule has 0 unspecified atom stereocenters. The molecule has 3 fully saturated rings. The minimum Gasteiger partial charge on any atom is -0.508 e. The van der Waals surface area contributed by atoms with E-state index in [1.54, 1.807) is 33.3 Å². The van der Waals surface area contributed by atoms with E-state index < -0.39 is 11.6 Å². The number of aryl methyl sites for hydroxylation is 1. The lowest BCUT2D eigenvalue weighted by atomic mass is 9.73. The standard InChI is InChI=1S/C42H48F2N8O5/c1-49(2)40(54)31-20-26-22-50(14-8-16-52(26)48-31)38-34-37(35(44)36(45-39(34)56-4)29-21-27(53)17-24-9-5-10-30(43)33(24)29)46-41(47-38)57-23-42-12-6-11-32(42)51(15-7-13-42)25-18-28(19-25)55-3/h5,9-10,17,20-21,25,28,32,53H,6-8,11-16,18-19,22-23H2,1-4H3/t25?,28?,32-,42-/m1/s1. The van der Waals surface area contributed by atoms with Gasteiger partial charge >= 0.3 is 6.01 Å². The summed E-state index contributed by atoms with van der Waals surface area (Å²) in [5.41, 5.74) is 0.754. The van der Waals surface area contributed by atoms with Gasteiger partial charge in [0, 0.05) is 62.7 Å². The number of phenols is 1. The zero-order chi connectivity index (χ0) is 39.6. The molecule has 0 bridgehead atoms. The number of phenolic OH excluding ortho intramolecular Hbond substituents is 1. The first-order valence-corrected chi connectivity index (χ1v) is 19.9. The number of hydrogen-bond donors (Lipinski definition) is 1. The summed E-state index contributed by atoms with van der Waals surface area (Å²) >= 11 is 0. The number of hydrogen-bond acceptors (Lipinski definition) is 11. The van der Waals surface area contributed by atoms with Gasteiger partial charge in [-0.15, -0.1) is 0 Å². The summed E-state index contributed by atoms with van der Waals surface area (Å²) in [4.78, 5) is 33.4. The highest BCUT2D eigenvalue weighted by molar-refractivity contribution is 6.02. The number of aromatic hydroxyl groups is 1. The van der Waals surface area contributed by atoms with Gasteiger partial charge in [0.2, 0.25) is 5.88 Å². The normalized spacial score (nSPS) is 23.5. The summed E-state index contributed by atoms with van der Waals surface area (Å²) < 4.78 is 52.8. The number of pyridine rings is 1. The number of likely N-dealkylation sites (tertiary alicyclic amines) is 1. The predicted molar refractivity (Wildman–Crippen MR) is 210 cm³/mol. The van der Waals surface area contributed by atoms with Crippen LogP contribution >= 0.6 is 0 Å². The largest absolute Gasteiger partial charge is 0.508 e. The Kier molecular flexibility index (Phi) is 9.62. The minimum absolute atomic E-state index is 0.0176. The number of halogens is 2. The lowest BCUT2D eigenvalue weighted by Gasteiger charge is -2.53. The van der Waals surface area contributed by atoms with E-state index in [9.17, 15) is 9.90 Å². The SMILES string of the molecule is COc1nc(-c2cc(O)cc3cccc(F)c23)c(F)c2nc(OC[C@]34CCC[C@H]3N(C3CC(OC)C3)CCC4)nc(N3CCCn4nc(C(=O)N(C)C)cc4C3)c12. The second kappa shape index (κ2) is 14.7. The van der Waals surface area contributed by atoms with Gasteiger partial charge in [-0.3, -0.25) is 14.4 Å². The molecular weight excluding hydrogens is 735 g/mol. The summed E-state index contributed by atoms with van der Waals surface area (Å²) in [5, 5.41) is 16.0. The van der Waals surface area contributed by atoms with Crippen molar-refractivity contribution < 1.29 is 32.9 Å². The first-order chi connectivity index (χ1) is 27.6. The highest BCUT2D eigenvalue weighted by Crippen LogP contribution is 2.50. The van der Waals surface area contributed by atoms with E-state index in [-0.39, 0.29) is 56.5 Å². The molecule has 1 amide bonds. The number of nitrogens with zero attached hydrogens (tertiary/aromatic N) is 8. The summed E-state index contributed by atoms with van der Waals surface area (Å²) in [6.07, 6.45) is 8.34. The van der Waals surface area contributed by atoms with Crippen LogP contribution in [0.15, 0.2) is 36.4 Å². The van der Waals surface area contributed by atoms with Gasteiger partial charge < -0.3 is 29.1 Å². The van der Waals surface area contributed by atoms with Crippen molar-refractivity contribution in [3.05, 3.63) is 59.4 Å². The second-order valence-electron chi connectivity index (χ2n) is 16.3. The number of methoxy groups -OCH3 is 2.